The number of piperazine rings is 1. The van der Waals surface area contributed by atoms with Gasteiger partial charge in [0.05, 0.1) is 0 Å². The Kier molecular flexibility index (Phi) is 3.02. The third kappa shape index (κ3) is 2.05. The molecule has 1 aromatic heterocycles. The molecular formula is C10H15ClN4S. The van der Waals surface area contributed by atoms with Crippen LogP contribution in [0, 0.1) is 0 Å². The van der Waals surface area contributed by atoms with E-state index in [1.165, 1.54) is 13.1 Å². The summed E-state index contributed by atoms with van der Waals surface area (Å²) in [6.07, 6.45) is 0. The Morgan fingerprint density at radius 2 is 2.12 bits per heavy atom. The predicted octanol–water partition coefficient (Wildman–Crippen LogP) is 0.890. The highest BCUT2D eigenvalue weighted by molar-refractivity contribution is 7.14. The first kappa shape index (κ1) is 10.8. The fourth-order valence-corrected chi connectivity index (χ4v) is 3.25. The number of nitrogens with zero attached hydrogens (tertiary/aromatic N) is 3. The van der Waals surface area contributed by atoms with Crippen molar-refractivity contribution in [2.45, 2.75) is 6.04 Å². The maximum Gasteiger partial charge on any atom is 0.186 e. The van der Waals surface area contributed by atoms with E-state index in [0.29, 0.717) is 11.2 Å². The molecule has 0 aliphatic carbocycles. The van der Waals surface area contributed by atoms with Crippen molar-refractivity contribution in [1.82, 2.24) is 15.2 Å². The quantitative estimate of drug-likeness (QED) is 0.854. The molecule has 2 fully saturated rings. The van der Waals surface area contributed by atoms with Gasteiger partial charge in [-0.2, -0.15) is 0 Å². The molecule has 0 radical (unpaired) electrons. The highest BCUT2D eigenvalue weighted by Crippen LogP contribution is 2.28. The second kappa shape index (κ2) is 4.49. The van der Waals surface area contributed by atoms with Gasteiger partial charge in [-0.15, -0.1) is 11.3 Å². The molecule has 4 nitrogen and oxygen atoms in total. The van der Waals surface area contributed by atoms with Gasteiger partial charge in [0.2, 0.25) is 0 Å². The van der Waals surface area contributed by atoms with Gasteiger partial charge in [-0.25, -0.2) is 4.98 Å². The molecule has 1 N–H and O–H groups in total. The second-order valence-electron chi connectivity index (χ2n) is 4.30. The molecule has 0 aromatic carbocycles. The van der Waals surface area contributed by atoms with Crippen LogP contribution < -0.4 is 10.2 Å². The summed E-state index contributed by atoms with van der Waals surface area (Å²) in [7, 11) is 0. The first-order chi connectivity index (χ1) is 7.83. The Hall–Kier alpha value is -0.360. The van der Waals surface area contributed by atoms with Crippen molar-refractivity contribution >= 4 is 28.1 Å². The van der Waals surface area contributed by atoms with Crippen molar-refractivity contribution < 1.29 is 0 Å². The molecule has 0 bridgehead atoms. The van der Waals surface area contributed by atoms with Gasteiger partial charge in [0.1, 0.15) is 5.15 Å². The van der Waals surface area contributed by atoms with Crippen molar-refractivity contribution in [3.8, 4) is 0 Å². The zero-order valence-corrected chi connectivity index (χ0v) is 10.6. The number of halogens is 1. The van der Waals surface area contributed by atoms with Crippen LogP contribution in [0.15, 0.2) is 5.38 Å². The van der Waals surface area contributed by atoms with Gasteiger partial charge < -0.3 is 10.2 Å². The van der Waals surface area contributed by atoms with E-state index < -0.39 is 0 Å². The molecule has 3 heterocycles. The minimum atomic E-state index is 0.616. The van der Waals surface area contributed by atoms with Gasteiger partial charge in [-0.1, -0.05) is 11.6 Å². The number of aromatic nitrogens is 1. The Morgan fingerprint density at radius 3 is 2.75 bits per heavy atom. The number of rotatable bonds is 2. The van der Waals surface area contributed by atoms with Gasteiger partial charge >= 0.3 is 0 Å². The van der Waals surface area contributed by atoms with Crippen LogP contribution in [0.5, 0.6) is 0 Å². The zero-order chi connectivity index (χ0) is 11.0. The molecule has 2 aliphatic heterocycles. The van der Waals surface area contributed by atoms with Gasteiger partial charge in [-0.3, -0.25) is 4.90 Å². The molecule has 88 valence electrons. The van der Waals surface area contributed by atoms with E-state index in [0.717, 1.165) is 31.3 Å². The van der Waals surface area contributed by atoms with Gasteiger partial charge in [-0.05, 0) is 0 Å². The summed E-state index contributed by atoms with van der Waals surface area (Å²) < 4.78 is 0. The fraction of sp³-hybridized carbons (Fsp3) is 0.700. The lowest BCUT2D eigenvalue weighted by atomic mass is 10.1. The van der Waals surface area contributed by atoms with Crippen LogP contribution in [-0.4, -0.2) is 55.2 Å². The highest BCUT2D eigenvalue weighted by atomic mass is 35.5. The third-order valence-electron chi connectivity index (χ3n) is 3.26. The Morgan fingerprint density at radius 1 is 1.38 bits per heavy atom. The molecule has 6 heteroatoms. The second-order valence-corrected chi connectivity index (χ2v) is 5.52. The van der Waals surface area contributed by atoms with E-state index in [9.17, 15) is 0 Å². The number of hydrogen-bond donors (Lipinski definition) is 1. The molecule has 0 atom stereocenters. The third-order valence-corrected chi connectivity index (χ3v) is 4.49. The number of nitrogens with one attached hydrogen (secondary N) is 1. The maximum absolute atomic E-state index is 5.82. The average molecular weight is 259 g/mol. The topological polar surface area (TPSA) is 31.4 Å². The van der Waals surface area contributed by atoms with Crippen LogP contribution >= 0.6 is 22.9 Å². The molecule has 3 rings (SSSR count). The number of thiazole rings is 1. The van der Waals surface area contributed by atoms with Crippen molar-refractivity contribution in [3.63, 3.8) is 0 Å². The van der Waals surface area contributed by atoms with Crippen LogP contribution in [0.1, 0.15) is 0 Å². The lowest BCUT2D eigenvalue weighted by Crippen LogP contribution is -2.62. The van der Waals surface area contributed by atoms with E-state index in [1.54, 1.807) is 11.3 Å². The van der Waals surface area contributed by atoms with E-state index in [1.807, 2.05) is 5.38 Å². The van der Waals surface area contributed by atoms with Crippen LogP contribution in [0.3, 0.4) is 0 Å². The van der Waals surface area contributed by atoms with E-state index in [2.05, 4.69) is 20.1 Å². The number of hydrogen-bond acceptors (Lipinski definition) is 5. The van der Waals surface area contributed by atoms with Crippen molar-refractivity contribution in [2.75, 3.05) is 44.2 Å². The first-order valence-electron chi connectivity index (χ1n) is 5.64. The van der Waals surface area contributed by atoms with Crippen LogP contribution in [0.2, 0.25) is 5.15 Å². The standard InChI is InChI=1S/C10H15ClN4S/c11-9-7-16-10(13-9)15-5-8(6-15)14-3-1-12-2-4-14/h7-8,12H,1-6H2. The molecule has 1 aromatic rings. The van der Waals surface area contributed by atoms with Gasteiger partial charge in [0.25, 0.3) is 0 Å². The van der Waals surface area contributed by atoms with Crippen LogP contribution in [-0.2, 0) is 0 Å². The number of anilines is 1. The van der Waals surface area contributed by atoms with Crippen molar-refractivity contribution in [3.05, 3.63) is 10.5 Å². The summed E-state index contributed by atoms with van der Waals surface area (Å²) >= 11 is 7.46. The summed E-state index contributed by atoms with van der Waals surface area (Å²) in [5, 5.41) is 6.96. The molecule has 0 spiro atoms. The van der Waals surface area contributed by atoms with E-state index in [4.69, 9.17) is 11.6 Å². The zero-order valence-electron chi connectivity index (χ0n) is 9.03. The smallest absolute Gasteiger partial charge is 0.186 e. The SMILES string of the molecule is Clc1csc(N2CC(N3CCNCC3)C2)n1. The summed E-state index contributed by atoms with van der Waals surface area (Å²) in [6.45, 7) is 6.81. The monoisotopic (exact) mass is 258 g/mol. The molecule has 2 aliphatic rings. The molecular weight excluding hydrogens is 244 g/mol. The summed E-state index contributed by atoms with van der Waals surface area (Å²) in [6, 6.07) is 0.713. The van der Waals surface area contributed by atoms with Crippen LogP contribution in [0.25, 0.3) is 0 Å². The Labute approximate surface area is 104 Å². The average Bonchev–Trinajstić information content (AvgIpc) is 2.64. The summed E-state index contributed by atoms with van der Waals surface area (Å²) in [4.78, 5) is 9.17. The Balaban J connectivity index is 1.54. The fourth-order valence-electron chi connectivity index (χ4n) is 2.28. The van der Waals surface area contributed by atoms with Crippen LogP contribution in [0.4, 0.5) is 5.13 Å². The minimum absolute atomic E-state index is 0.616. The van der Waals surface area contributed by atoms with Gasteiger partial charge in [0, 0.05) is 50.7 Å². The van der Waals surface area contributed by atoms with Crippen molar-refractivity contribution in [1.29, 1.82) is 0 Å². The Bertz CT molecular complexity index is 357. The summed E-state index contributed by atoms with van der Waals surface area (Å²) in [5.74, 6) is 0. The van der Waals surface area contributed by atoms with Gasteiger partial charge in [0.15, 0.2) is 5.13 Å². The first-order valence-corrected chi connectivity index (χ1v) is 6.89. The van der Waals surface area contributed by atoms with Crippen molar-refractivity contribution in [2.24, 2.45) is 0 Å². The molecule has 16 heavy (non-hydrogen) atoms. The minimum Gasteiger partial charge on any atom is -0.345 e. The lowest BCUT2D eigenvalue weighted by molar-refractivity contribution is 0.147. The lowest BCUT2D eigenvalue weighted by Gasteiger charge is -2.46. The van der Waals surface area contributed by atoms with E-state index in [-0.39, 0.29) is 0 Å². The molecule has 0 unspecified atom stereocenters. The summed E-state index contributed by atoms with van der Waals surface area (Å²) in [5.41, 5.74) is 0. The molecule has 0 amide bonds. The van der Waals surface area contributed by atoms with E-state index >= 15 is 0 Å². The predicted molar refractivity (Wildman–Crippen MR) is 67.6 cm³/mol. The largest absolute Gasteiger partial charge is 0.345 e. The molecule has 0 saturated carbocycles. The maximum atomic E-state index is 5.82. The normalized spacial score (nSPS) is 23.4. The molecule has 2 saturated heterocycles. The highest BCUT2D eigenvalue weighted by Gasteiger charge is 2.33.